The third-order valence-electron chi connectivity index (χ3n) is 2.33. The minimum atomic E-state index is 0.509. The van der Waals surface area contributed by atoms with Gasteiger partial charge in [0.05, 0.1) is 0 Å². The molecule has 0 saturated carbocycles. The Morgan fingerprint density at radius 1 is 1.12 bits per heavy atom. The van der Waals surface area contributed by atoms with Gasteiger partial charge in [0.15, 0.2) is 0 Å². The quantitative estimate of drug-likeness (QED) is 0.743. The van der Waals surface area contributed by atoms with Gasteiger partial charge in [-0.2, -0.15) is 0 Å². The first-order chi connectivity index (χ1) is 7.63. The number of rotatable bonds is 2. The Hall–Kier alpha value is -1.41. The lowest BCUT2D eigenvalue weighted by Crippen LogP contribution is -1.97. The summed E-state index contributed by atoms with van der Waals surface area (Å²) in [6.07, 6.45) is 0.796. The maximum absolute atomic E-state index is 5.90. The molecule has 0 N–H and O–H groups in total. The number of benzene rings is 1. The molecule has 1 heterocycles. The van der Waals surface area contributed by atoms with E-state index in [-0.39, 0.29) is 0 Å². The van der Waals surface area contributed by atoms with E-state index in [1.165, 1.54) is 11.1 Å². The molecule has 0 bridgehead atoms. The fourth-order valence-corrected chi connectivity index (χ4v) is 1.96. The molecule has 82 valence electrons. The Labute approximate surface area is 100 Å². The van der Waals surface area contributed by atoms with Crippen molar-refractivity contribution in [1.82, 2.24) is 9.97 Å². The van der Waals surface area contributed by atoms with Crippen LogP contribution in [-0.2, 0) is 6.42 Å². The highest BCUT2D eigenvalue weighted by Gasteiger charge is 2.01. The molecule has 0 aliphatic carbocycles. The Balaban J connectivity index is 2.27. The maximum atomic E-state index is 5.90. The molecule has 2 nitrogen and oxygen atoms in total. The van der Waals surface area contributed by atoms with Gasteiger partial charge in [0.1, 0.15) is 11.0 Å². The summed E-state index contributed by atoms with van der Waals surface area (Å²) in [6.45, 7) is 3.94. The topological polar surface area (TPSA) is 25.8 Å². The molecular weight excluding hydrogens is 220 g/mol. The van der Waals surface area contributed by atoms with E-state index in [2.05, 4.69) is 41.2 Å². The first-order valence-corrected chi connectivity index (χ1v) is 5.57. The maximum Gasteiger partial charge on any atom is 0.133 e. The van der Waals surface area contributed by atoms with Crippen LogP contribution in [-0.4, -0.2) is 9.97 Å². The number of halogens is 1. The molecule has 1 aromatic heterocycles. The molecule has 0 atom stereocenters. The van der Waals surface area contributed by atoms with Crippen LogP contribution in [0.15, 0.2) is 30.3 Å². The SMILES string of the molecule is Cc1cccc(Cc2cc(Cl)nc(C)n2)c1. The van der Waals surface area contributed by atoms with E-state index in [1.807, 2.05) is 13.0 Å². The molecule has 0 unspecified atom stereocenters. The van der Waals surface area contributed by atoms with E-state index in [4.69, 9.17) is 11.6 Å². The number of aryl methyl sites for hydroxylation is 2. The summed E-state index contributed by atoms with van der Waals surface area (Å²) < 4.78 is 0. The van der Waals surface area contributed by atoms with Gasteiger partial charge < -0.3 is 0 Å². The highest BCUT2D eigenvalue weighted by atomic mass is 35.5. The molecule has 0 fully saturated rings. The third kappa shape index (κ3) is 2.80. The Morgan fingerprint density at radius 3 is 2.62 bits per heavy atom. The molecule has 0 amide bonds. The molecule has 3 heteroatoms. The summed E-state index contributed by atoms with van der Waals surface area (Å²) in [7, 11) is 0. The van der Waals surface area contributed by atoms with Gasteiger partial charge in [-0.25, -0.2) is 9.97 Å². The van der Waals surface area contributed by atoms with E-state index in [9.17, 15) is 0 Å². The molecule has 0 aliphatic rings. The van der Waals surface area contributed by atoms with Crippen LogP contribution in [0, 0.1) is 13.8 Å². The average Bonchev–Trinajstić information content (AvgIpc) is 2.15. The lowest BCUT2D eigenvalue weighted by Gasteiger charge is -2.03. The molecule has 2 aromatic rings. The van der Waals surface area contributed by atoms with Crippen molar-refractivity contribution in [2.24, 2.45) is 0 Å². The van der Waals surface area contributed by atoms with Crippen molar-refractivity contribution in [3.8, 4) is 0 Å². The van der Waals surface area contributed by atoms with Crippen molar-refractivity contribution in [1.29, 1.82) is 0 Å². The molecular formula is C13H13ClN2. The Morgan fingerprint density at radius 2 is 1.94 bits per heavy atom. The van der Waals surface area contributed by atoms with E-state index < -0.39 is 0 Å². The fourth-order valence-electron chi connectivity index (χ4n) is 1.71. The van der Waals surface area contributed by atoms with Gasteiger partial charge in [-0.05, 0) is 25.5 Å². The summed E-state index contributed by atoms with van der Waals surface area (Å²) in [5, 5.41) is 0.509. The average molecular weight is 233 g/mol. The summed E-state index contributed by atoms with van der Waals surface area (Å²) in [5.41, 5.74) is 3.46. The van der Waals surface area contributed by atoms with Gasteiger partial charge in [0, 0.05) is 12.1 Å². The van der Waals surface area contributed by atoms with Crippen molar-refractivity contribution in [2.45, 2.75) is 20.3 Å². The zero-order chi connectivity index (χ0) is 11.5. The van der Waals surface area contributed by atoms with Crippen LogP contribution < -0.4 is 0 Å². The van der Waals surface area contributed by atoms with Gasteiger partial charge in [0.25, 0.3) is 0 Å². The number of aromatic nitrogens is 2. The van der Waals surface area contributed by atoms with Crippen LogP contribution in [0.1, 0.15) is 22.6 Å². The molecule has 1 aromatic carbocycles. The van der Waals surface area contributed by atoms with E-state index in [1.54, 1.807) is 0 Å². The summed E-state index contributed by atoms with van der Waals surface area (Å²) in [4.78, 5) is 8.41. The van der Waals surface area contributed by atoms with Gasteiger partial charge in [-0.3, -0.25) is 0 Å². The molecule has 0 spiro atoms. The van der Waals surface area contributed by atoms with E-state index in [0.29, 0.717) is 5.15 Å². The zero-order valence-electron chi connectivity index (χ0n) is 9.37. The van der Waals surface area contributed by atoms with Crippen molar-refractivity contribution >= 4 is 11.6 Å². The van der Waals surface area contributed by atoms with Crippen LogP contribution in [0.5, 0.6) is 0 Å². The second-order valence-electron chi connectivity index (χ2n) is 3.90. The normalized spacial score (nSPS) is 10.4. The lowest BCUT2D eigenvalue weighted by atomic mass is 10.1. The minimum absolute atomic E-state index is 0.509. The summed E-state index contributed by atoms with van der Waals surface area (Å²) in [6, 6.07) is 10.2. The predicted molar refractivity (Wildman–Crippen MR) is 65.8 cm³/mol. The number of hydrogen-bond donors (Lipinski definition) is 0. The Bertz CT molecular complexity index is 489. The van der Waals surface area contributed by atoms with E-state index >= 15 is 0 Å². The van der Waals surface area contributed by atoms with Crippen LogP contribution in [0.25, 0.3) is 0 Å². The van der Waals surface area contributed by atoms with Crippen molar-refractivity contribution in [3.05, 3.63) is 58.1 Å². The molecule has 0 radical (unpaired) electrons. The molecule has 0 saturated heterocycles. The van der Waals surface area contributed by atoms with Crippen LogP contribution in [0.2, 0.25) is 5.15 Å². The van der Waals surface area contributed by atoms with E-state index in [0.717, 1.165) is 17.9 Å². The van der Waals surface area contributed by atoms with Gasteiger partial charge in [0.2, 0.25) is 0 Å². The van der Waals surface area contributed by atoms with Crippen LogP contribution in [0.3, 0.4) is 0 Å². The van der Waals surface area contributed by atoms with Gasteiger partial charge in [-0.1, -0.05) is 41.4 Å². The van der Waals surface area contributed by atoms with Crippen molar-refractivity contribution in [2.75, 3.05) is 0 Å². The predicted octanol–water partition coefficient (Wildman–Crippen LogP) is 3.34. The van der Waals surface area contributed by atoms with Gasteiger partial charge in [-0.15, -0.1) is 0 Å². The second kappa shape index (κ2) is 4.62. The van der Waals surface area contributed by atoms with Crippen LogP contribution >= 0.6 is 11.6 Å². The summed E-state index contributed by atoms with van der Waals surface area (Å²) >= 11 is 5.90. The zero-order valence-corrected chi connectivity index (χ0v) is 10.1. The first kappa shape index (κ1) is 11.1. The van der Waals surface area contributed by atoms with Crippen molar-refractivity contribution < 1.29 is 0 Å². The third-order valence-corrected chi connectivity index (χ3v) is 2.52. The van der Waals surface area contributed by atoms with Crippen molar-refractivity contribution in [3.63, 3.8) is 0 Å². The monoisotopic (exact) mass is 232 g/mol. The number of hydrogen-bond acceptors (Lipinski definition) is 2. The molecule has 2 rings (SSSR count). The van der Waals surface area contributed by atoms with Gasteiger partial charge >= 0.3 is 0 Å². The Kier molecular flexibility index (Phi) is 3.20. The lowest BCUT2D eigenvalue weighted by molar-refractivity contribution is 0.967. The molecule has 0 aliphatic heterocycles. The number of nitrogens with zero attached hydrogens (tertiary/aromatic N) is 2. The highest BCUT2D eigenvalue weighted by Crippen LogP contribution is 2.12. The second-order valence-corrected chi connectivity index (χ2v) is 4.28. The fraction of sp³-hybridized carbons (Fsp3) is 0.231. The highest BCUT2D eigenvalue weighted by molar-refractivity contribution is 6.29. The summed E-state index contributed by atoms with van der Waals surface area (Å²) in [5.74, 6) is 0.718. The molecule has 16 heavy (non-hydrogen) atoms. The smallest absolute Gasteiger partial charge is 0.133 e. The largest absolute Gasteiger partial charge is 0.238 e. The minimum Gasteiger partial charge on any atom is -0.238 e. The standard InChI is InChI=1S/C13H13ClN2/c1-9-4-3-5-11(6-9)7-12-8-13(14)16-10(2)15-12/h3-6,8H,7H2,1-2H3. The van der Waals surface area contributed by atoms with Crippen LogP contribution in [0.4, 0.5) is 0 Å². The first-order valence-electron chi connectivity index (χ1n) is 5.19.